The molecule has 158 valence electrons. The molecule has 4 rings (SSSR count). The Morgan fingerprint density at radius 3 is 1.73 bits per heavy atom. The molecule has 0 bridgehead atoms. The van der Waals surface area contributed by atoms with Crippen molar-refractivity contribution < 1.29 is 9.59 Å². The van der Waals surface area contributed by atoms with Crippen molar-refractivity contribution in [3.63, 3.8) is 0 Å². The first-order chi connectivity index (χ1) is 14.7. The standard InChI is InChI=1S/C25H31N3O2/c29-24(27-13-11-22(12-14-27)19-21-7-3-1-4-8-21)25(30)28-17-15-26(16-18-28)20-23-9-5-2-6-10-23/h1-10,22H,11-20H2. The predicted octanol–water partition coefficient (Wildman–Crippen LogP) is 2.81. The summed E-state index contributed by atoms with van der Waals surface area (Å²) in [4.78, 5) is 31.4. The summed E-state index contributed by atoms with van der Waals surface area (Å²) in [6, 6.07) is 20.9. The maximum Gasteiger partial charge on any atom is 0.312 e. The van der Waals surface area contributed by atoms with E-state index in [0.717, 1.165) is 38.9 Å². The van der Waals surface area contributed by atoms with E-state index in [9.17, 15) is 9.59 Å². The summed E-state index contributed by atoms with van der Waals surface area (Å²) < 4.78 is 0. The van der Waals surface area contributed by atoms with Gasteiger partial charge in [0, 0.05) is 45.8 Å². The van der Waals surface area contributed by atoms with Gasteiger partial charge in [0.1, 0.15) is 0 Å². The van der Waals surface area contributed by atoms with Gasteiger partial charge >= 0.3 is 11.8 Å². The van der Waals surface area contributed by atoms with Gasteiger partial charge in [0.15, 0.2) is 0 Å². The van der Waals surface area contributed by atoms with Crippen LogP contribution in [-0.2, 0) is 22.6 Å². The molecule has 0 spiro atoms. The molecule has 0 saturated carbocycles. The Kier molecular flexibility index (Phi) is 6.80. The Balaban J connectivity index is 1.21. The average Bonchev–Trinajstić information content (AvgIpc) is 2.80. The SMILES string of the molecule is O=C(C(=O)N1CCN(Cc2ccccc2)CC1)N1CCC(Cc2ccccc2)CC1. The van der Waals surface area contributed by atoms with Gasteiger partial charge in [0.2, 0.25) is 0 Å². The minimum atomic E-state index is -0.323. The Bertz CT molecular complexity index is 752. The zero-order valence-corrected chi connectivity index (χ0v) is 17.6. The number of benzene rings is 2. The van der Waals surface area contributed by atoms with E-state index in [1.54, 1.807) is 9.80 Å². The Morgan fingerprint density at radius 2 is 1.17 bits per heavy atom. The van der Waals surface area contributed by atoms with Crippen molar-refractivity contribution in [1.29, 1.82) is 0 Å². The molecule has 2 aliphatic heterocycles. The van der Waals surface area contributed by atoms with Crippen LogP contribution in [0.2, 0.25) is 0 Å². The lowest BCUT2D eigenvalue weighted by atomic mass is 9.90. The topological polar surface area (TPSA) is 43.9 Å². The molecule has 5 nitrogen and oxygen atoms in total. The molecule has 0 aliphatic carbocycles. The summed E-state index contributed by atoms with van der Waals surface area (Å²) in [6.45, 7) is 5.15. The largest absolute Gasteiger partial charge is 0.334 e. The number of carbonyl (C=O) groups excluding carboxylic acids is 2. The Labute approximate surface area is 179 Å². The lowest BCUT2D eigenvalue weighted by molar-refractivity contribution is -0.153. The molecule has 2 fully saturated rings. The maximum atomic E-state index is 12.8. The third-order valence-corrected chi connectivity index (χ3v) is 6.36. The molecule has 0 radical (unpaired) electrons. The molecule has 0 atom stereocenters. The summed E-state index contributed by atoms with van der Waals surface area (Å²) in [5.41, 5.74) is 2.64. The lowest BCUT2D eigenvalue weighted by Crippen LogP contribution is -2.54. The van der Waals surface area contributed by atoms with Gasteiger partial charge in [-0.25, -0.2) is 0 Å². The smallest absolute Gasteiger partial charge is 0.312 e. The third-order valence-electron chi connectivity index (χ3n) is 6.36. The van der Waals surface area contributed by atoms with Crippen LogP contribution >= 0.6 is 0 Å². The first kappa shape index (κ1) is 20.6. The summed E-state index contributed by atoms with van der Waals surface area (Å²) in [5.74, 6) is -0.0476. The minimum Gasteiger partial charge on any atom is -0.334 e. The molecule has 0 unspecified atom stereocenters. The van der Waals surface area contributed by atoms with Gasteiger partial charge in [0.05, 0.1) is 0 Å². The van der Waals surface area contributed by atoms with Crippen LogP contribution < -0.4 is 0 Å². The van der Waals surface area contributed by atoms with Crippen molar-refractivity contribution in [3.8, 4) is 0 Å². The minimum absolute atomic E-state index is 0.315. The van der Waals surface area contributed by atoms with E-state index in [4.69, 9.17) is 0 Å². The van der Waals surface area contributed by atoms with E-state index in [-0.39, 0.29) is 11.8 Å². The maximum absolute atomic E-state index is 12.8. The zero-order chi connectivity index (χ0) is 20.8. The second-order valence-corrected chi connectivity index (χ2v) is 8.48. The second-order valence-electron chi connectivity index (χ2n) is 8.48. The van der Waals surface area contributed by atoms with Crippen LogP contribution in [-0.4, -0.2) is 65.8 Å². The summed E-state index contributed by atoms with van der Waals surface area (Å²) in [6.07, 6.45) is 3.00. The van der Waals surface area contributed by atoms with Crippen molar-refractivity contribution in [2.75, 3.05) is 39.3 Å². The van der Waals surface area contributed by atoms with Crippen molar-refractivity contribution in [2.24, 2.45) is 5.92 Å². The normalized spacial score (nSPS) is 18.4. The first-order valence-electron chi connectivity index (χ1n) is 11.1. The van der Waals surface area contributed by atoms with Crippen LogP contribution in [0.5, 0.6) is 0 Å². The summed E-state index contributed by atoms with van der Waals surface area (Å²) in [5, 5.41) is 0. The Morgan fingerprint density at radius 1 is 0.667 bits per heavy atom. The predicted molar refractivity (Wildman–Crippen MR) is 118 cm³/mol. The van der Waals surface area contributed by atoms with E-state index >= 15 is 0 Å². The number of piperidine rings is 1. The first-order valence-corrected chi connectivity index (χ1v) is 11.1. The van der Waals surface area contributed by atoms with Gasteiger partial charge < -0.3 is 9.80 Å². The number of amides is 2. The highest BCUT2D eigenvalue weighted by atomic mass is 16.2. The van der Waals surface area contributed by atoms with E-state index in [1.807, 2.05) is 12.1 Å². The van der Waals surface area contributed by atoms with E-state index in [2.05, 4.69) is 53.4 Å². The number of hydrogen-bond acceptors (Lipinski definition) is 3. The number of hydrogen-bond donors (Lipinski definition) is 0. The van der Waals surface area contributed by atoms with Crippen LogP contribution in [0.1, 0.15) is 24.0 Å². The second kappa shape index (κ2) is 9.90. The van der Waals surface area contributed by atoms with Gasteiger partial charge in [0.25, 0.3) is 0 Å². The number of rotatable bonds is 4. The molecule has 2 aliphatic rings. The molecule has 0 N–H and O–H groups in total. The fourth-order valence-electron chi connectivity index (χ4n) is 4.51. The molecule has 0 aromatic heterocycles. The summed E-state index contributed by atoms with van der Waals surface area (Å²) >= 11 is 0. The zero-order valence-electron chi connectivity index (χ0n) is 17.6. The van der Waals surface area contributed by atoms with Crippen LogP contribution in [0.25, 0.3) is 0 Å². The number of carbonyl (C=O) groups is 2. The van der Waals surface area contributed by atoms with Gasteiger partial charge in [-0.05, 0) is 36.3 Å². The monoisotopic (exact) mass is 405 g/mol. The summed E-state index contributed by atoms with van der Waals surface area (Å²) in [7, 11) is 0. The van der Waals surface area contributed by atoms with Crippen LogP contribution in [0.3, 0.4) is 0 Å². The number of nitrogens with zero attached hydrogens (tertiary/aromatic N) is 3. The van der Waals surface area contributed by atoms with Gasteiger partial charge in [-0.2, -0.15) is 0 Å². The Hall–Kier alpha value is -2.66. The van der Waals surface area contributed by atoms with E-state index < -0.39 is 0 Å². The van der Waals surface area contributed by atoms with E-state index in [0.29, 0.717) is 32.1 Å². The fraction of sp³-hybridized carbons (Fsp3) is 0.440. The highest BCUT2D eigenvalue weighted by Gasteiger charge is 2.31. The van der Waals surface area contributed by atoms with Gasteiger partial charge in [-0.3, -0.25) is 14.5 Å². The molecule has 5 heteroatoms. The van der Waals surface area contributed by atoms with Crippen molar-refractivity contribution in [1.82, 2.24) is 14.7 Å². The molecular weight excluding hydrogens is 374 g/mol. The molecular formula is C25H31N3O2. The lowest BCUT2D eigenvalue weighted by Gasteiger charge is -2.36. The molecule has 2 aromatic carbocycles. The van der Waals surface area contributed by atoms with Crippen LogP contribution in [0.4, 0.5) is 0 Å². The third kappa shape index (κ3) is 5.28. The highest BCUT2D eigenvalue weighted by Crippen LogP contribution is 2.22. The average molecular weight is 406 g/mol. The van der Waals surface area contributed by atoms with Gasteiger partial charge in [-0.15, -0.1) is 0 Å². The number of likely N-dealkylation sites (tertiary alicyclic amines) is 1. The number of piperazine rings is 1. The molecule has 2 aromatic rings. The molecule has 30 heavy (non-hydrogen) atoms. The van der Waals surface area contributed by atoms with Crippen LogP contribution in [0, 0.1) is 5.92 Å². The quantitative estimate of drug-likeness (QED) is 0.735. The van der Waals surface area contributed by atoms with Crippen molar-refractivity contribution in [3.05, 3.63) is 71.8 Å². The van der Waals surface area contributed by atoms with Crippen LogP contribution in [0.15, 0.2) is 60.7 Å². The highest BCUT2D eigenvalue weighted by molar-refractivity contribution is 6.34. The van der Waals surface area contributed by atoms with Gasteiger partial charge in [-0.1, -0.05) is 60.7 Å². The van der Waals surface area contributed by atoms with Crippen molar-refractivity contribution >= 4 is 11.8 Å². The van der Waals surface area contributed by atoms with Crippen molar-refractivity contribution in [2.45, 2.75) is 25.8 Å². The molecule has 2 saturated heterocycles. The fourth-order valence-corrected chi connectivity index (χ4v) is 4.51. The van der Waals surface area contributed by atoms with E-state index in [1.165, 1.54) is 11.1 Å². The molecule has 2 amide bonds. The molecule has 2 heterocycles.